The van der Waals surface area contributed by atoms with Crippen molar-refractivity contribution in [1.29, 1.82) is 0 Å². The minimum Gasteiger partial charge on any atom is -0.293 e. The normalized spacial score (nSPS) is 12.2. The van der Waals surface area contributed by atoms with Gasteiger partial charge in [-0.2, -0.15) is 0 Å². The molecule has 0 aliphatic carbocycles. The van der Waals surface area contributed by atoms with Crippen molar-refractivity contribution in [2.24, 2.45) is 0 Å². The van der Waals surface area contributed by atoms with Gasteiger partial charge in [0.15, 0.2) is 5.78 Å². The number of aryl methyl sites for hydroxylation is 1. The van der Waals surface area contributed by atoms with Gasteiger partial charge in [-0.1, -0.05) is 35.0 Å². The molecule has 0 radical (unpaired) electrons. The third-order valence-corrected chi connectivity index (χ3v) is 2.72. The van der Waals surface area contributed by atoms with E-state index in [-0.39, 0.29) is 16.3 Å². The molecule has 0 amide bonds. The molecule has 16 heavy (non-hydrogen) atoms. The zero-order valence-electron chi connectivity index (χ0n) is 9.07. The third kappa shape index (κ3) is 2.66. The zero-order chi connectivity index (χ0) is 12.3. The van der Waals surface area contributed by atoms with Crippen LogP contribution in [0.1, 0.15) is 29.8 Å². The summed E-state index contributed by atoms with van der Waals surface area (Å²) in [6.45, 7) is 3.54. The average molecular weight is 286 g/mol. The molecule has 1 aromatic carbocycles. The van der Waals surface area contributed by atoms with Crippen molar-refractivity contribution < 1.29 is 9.72 Å². The summed E-state index contributed by atoms with van der Waals surface area (Å²) in [4.78, 5) is 21.7. The maximum absolute atomic E-state index is 11.6. The summed E-state index contributed by atoms with van der Waals surface area (Å²) in [6, 6.07) is 4.62. The molecule has 1 atom stereocenters. The summed E-state index contributed by atoms with van der Waals surface area (Å²) >= 11 is 3.15. The highest BCUT2D eigenvalue weighted by Crippen LogP contribution is 2.22. The van der Waals surface area contributed by atoms with Crippen molar-refractivity contribution in [3.05, 3.63) is 39.4 Å². The average Bonchev–Trinajstić information content (AvgIpc) is 2.26. The number of carbonyl (C=O) groups is 1. The highest BCUT2D eigenvalue weighted by atomic mass is 79.9. The largest absolute Gasteiger partial charge is 0.293 e. The molecule has 1 unspecified atom stereocenters. The first-order valence-corrected chi connectivity index (χ1v) is 5.84. The molecular weight excluding hydrogens is 274 g/mol. The number of Topliss-reactive ketones (excluding diaryl/α,β-unsaturated/α-hetero) is 1. The molecule has 0 aliphatic rings. The maximum atomic E-state index is 11.6. The number of hydrogen-bond donors (Lipinski definition) is 0. The summed E-state index contributed by atoms with van der Waals surface area (Å²) in [6.07, 6.45) is 0.578. The third-order valence-electron chi connectivity index (χ3n) is 2.31. The van der Waals surface area contributed by atoms with Gasteiger partial charge in [0, 0.05) is 17.2 Å². The van der Waals surface area contributed by atoms with Crippen LogP contribution in [0, 0.1) is 10.1 Å². The minimum atomic E-state index is -0.450. The molecule has 0 N–H and O–H groups in total. The fourth-order valence-corrected chi connectivity index (χ4v) is 1.68. The molecular formula is C11H12BrNO3. The number of alkyl halides is 1. The molecule has 0 bridgehead atoms. The van der Waals surface area contributed by atoms with Gasteiger partial charge in [0.05, 0.1) is 9.75 Å². The lowest BCUT2D eigenvalue weighted by molar-refractivity contribution is -0.385. The van der Waals surface area contributed by atoms with Crippen molar-refractivity contribution in [2.45, 2.75) is 25.1 Å². The summed E-state index contributed by atoms with van der Waals surface area (Å²) in [7, 11) is 0. The van der Waals surface area contributed by atoms with E-state index >= 15 is 0 Å². The predicted octanol–water partition coefficient (Wildman–Crippen LogP) is 3.12. The van der Waals surface area contributed by atoms with Gasteiger partial charge in [0.2, 0.25) is 0 Å². The van der Waals surface area contributed by atoms with Crippen LogP contribution in [-0.2, 0) is 6.42 Å². The number of nitro groups is 1. The smallest absolute Gasteiger partial charge is 0.273 e. The molecule has 4 nitrogen and oxygen atoms in total. The van der Waals surface area contributed by atoms with E-state index in [9.17, 15) is 14.9 Å². The quantitative estimate of drug-likeness (QED) is 0.370. The second-order valence-electron chi connectivity index (χ2n) is 3.43. The molecule has 0 spiro atoms. The first kappa shape index (κ1) is 12.8. The highest BCUT2D eigenvalue weighted by Gasteiger charge is 2.18. The van der Waals surface area contributed by atoms with Crippen LogP contribution < -0.4 is 0 Å². The van der Waals surface area contributed by atoms with Crippen LogP contribution in [0.15, 0.2) is 18.2 Å². The van der Waals surface area contributed by atoms with Crippen molar-refractivity contribution >= 4 is 27.4 Å². The number of halogens is 1. The fraction of sp³-hybridized carbons (Fsp3) is 0.364. The Labute approximate surface area is 102 Å². The SMILES string of the molecule is CCc1ccc(C(=O)C(C)Br)cc1[N+](=O)[O-]. The molecule has 0 aliphatic heterocycles. The zero-order valence-corrected chi connectivity index (χ0v) is 10.7. The van der Waals surface area contributed by atoms with Gasteiger partial charge in [0.25, 0.3) is 5.69 Å². The molecule has 1 rings (SSSR count). The number of hydrogen-bond acceptors (Lipinski definition) is 3. The van der Waals surface area contributed by atoms with E-state index in [0.29, 0.717) is 17.5 Å². The Bertz CT molecular complexity index is 429. The molecule has 0 saturated carbocycles. The Balaban J connectivity index is 3.22. The number of rotatable bonds is 4. The van der Waals surface area contributed by atoms with Gasteiger partial charge in [0.1, 0.15) is 0 Å². The van der Waals surface area contributed by atoms with Crippen molar-refractivity contribution in [3.8, 4) is 0 Å². The Morgan fingerprint density at radius 3 is 2.62 bits per heavy atom. The Hall–Kier alpha value is -1.23. The monoisotopic (exact) mass is 285 g/mol. The maximum Gasteiger partial charge on any atom is 0.273 e. The second kappa shape index (κ2) is 5.21. The molecule has 1 aromatic rings. The van der Waals surface area contributed by atoms with Crippen LogP contribution >= 0.6 is 15.9 Å². The summed E-state index contributed by atoms with van der Waals surface area (Å²) in [5.74, 6) is -0.147. The summed E-state index contributed by atoms with van der Waals surface area (Å²) < 4.78 is 0. The molecule has 0 heterocycles. The number of carbonyl (C=O) groups excluding carboxylic acids is 1. The van der Waals surface area contributed by atoms with Gasteiger partial charge in [-0.05, 0) is 13.3 Å². The van der Waals surface area contributed by atoms with E-state index in [0.717, 1.165) is 0 Å². The van der Waals surface area contributed by atoms with Crippen LogP contribution in [0.5, 0.6) is 0 Å². The first-order chi connectivity index (χ1) is 7.47. The number of benzene rings is 1. The molecule has 86 valence electrons. The van der Waals surface area contributed by atoms with Crippen LogP contribution in [0.4, 0.5) is 5.69 Å². The fourth-order valence-electron chi connectivity index (χ4n) is 1.42. The van der Waals surface area contributed by atoms with Gasteiger partial charge in [-0.25, -0.2) is 0 Å². The van der Waals surface area contributed by atoms with Gasteiger partial charge < -0.3 is 0 Å². The van der Waals surface area contributed by atoms with E-state index in [1.807, 2.05) is 6.92 Å². The van der Waals surface area contributed by atoms with Gasteiger partial charge >= 0.3 is 0 Å². The van der Waals surface area contributed by atoms with Crippen molar-refractivity contribution in [1.82, 2.24) is 0 Å². The van der Waals surface area contributed by atoms with Gasteiger partial charge in [-0.3, -0.25) is 14.9 Å². The van der Waals surface area contributed by atoms with Crippen LogP contribution in [0.25, 0.3) is 0 Å². The van der Waals surface area contributed by atoms with E-state index in [4.69, 9.17) is 0 Å². The minimum absolute atomic E-state index is 0.0153. The van der Waals surface area contributed by atoms with E-state index < -0.39 is 4.92 Å². The predicted molar refractivity (Wildman–Crippen MR) is 65.2 cm³/mol. The van der Waals surface area contributed by atoms with Crippen LogP contribution in [-0.4, -0.2) is 15.5 Å². The molecule has 0 fully saturated rings. The lowest BCUT2D eigenvalue weighted by Crippen LogP contribution is -2.10. The molecule has 0 saturated heterocycles. The van der Waals surface area contributed by atoms with E-state index in [1.54, 1.807) is 19.1 Å². The van der Waals surface area contributed by atoms with Crippen molar-refractivity contribution in [3.63, 3.8) is 0 Å². The van der Waals surface area contributed by atoms with Crippen LogP contribution in [0.2, 0.25) is 0 Å². The Morgan fingerprint density at radius 1 is 1.56 bits per heavy atom. The first-order valence-electron chi connectivity index (χ1n) is 4.93. The topological polar surface area (TPSA) is 60.2 Å². The van der Waals surface area contributed by atoms with Gasteiger partial charge in [-0.15, -0.1) is 0 Å². The lowest BCUT2D eigenvalue weighted by Gasteiger charge is -2.05. The Kier molecular flexibility index (Phi) is 4.18. The lowest BCUT2D eigenvalue weighted by atomic mass is 10.0. The Morgan fingerprint density at radius 2 is 2.19 bits per heavy atom. The number of ketones is 1. The van der Waals surface area contributed by atoms with E-state index in [1.165, 1.54) is 6.07 Å². The van der Waals surface area contributed by atoms with Crippen LogP contribution in [0.3, 0.4) is 0 Å². The standard InChI is InChI=1S/C11H12BrNO3/c1-3-8-4-5-9(11(14)7(2)12)6-10(8)13(15)16/h4-7H,3H2,1-2H3. The van der Waals surface area contributed by atoms with E-state index in [2.05, 4.69) is 15.9 Å². The van der Waals surface area contributed by atoms with Crippen molar-refractivity contribution in [2.75, 3.05) is 0 Å². The number of nitro benzene ring substituents is 1. The second-order valence-corrected chi connectivity index (χ2v) is 4.81. The number of nitrogens with zero attached hydrogens (tertiary/aromatic N) is 1. The summed E-state index contributed by atoms with van der Waals surface area (Å²) in [5.41, 5.74) is 1.03. The molecule has 5 heteroatoms. The highest BCUT2D eigenvalue weighted by molar-refractivity contribution is 9.10. The molecule has 0 aromatic heterocycles. The summed E-state index contributed by atoms with van der Waals surface area (Å²) in [5, 5.41) is 10.8.